The van der Waals surface area contributed by atoms with Crippen LogP contribution in [-0.4, -0.2) is 33.7 Å². The number of rotatable bonds is 5. The van der Waals surface area contributed by atoms with Gasteiger partial charge in [-0.05, 0) is 42.5 Å². The topological polar surface area (TPSA) is 147 Å². The molecule has 10 nitrogen and oxygen atoms in total. The summed E-state index contributed by atoms with van der Waals surface area (Å²) in [7, 11) is 0. The lowest BCUT2D eigenvalue weighted by atomic mass is 10.1. The number of hydrogen-bond acceptors (Lipinski definition) is 6. The van der Waals surface area contributed by atoms with Gasteiger partial charge in [0.15, 0.2) is 0 Å². The summed E-state index contributed by atoms with van der Waals surface area (Å²) in [5, 5.41) is 23.3. The van der Waals surface area contributed by atoms with Crippen molar-refractivity contribution in [1.29, 1.82) is 0 Å². The van der Waals surface area contributed by atoms with Crippen LogP contribution < -0.4 is 10.2 Å². The Labute approximate surface area is 190 Å². The third-order valence-corrected chi connectivity index (χ3v) is 5.15. The van der Waals surface area contributed by atoms with E-state index in [1.165, 1.54) is 54.6 Å². The van der Waals surface area contributed by atoms with E-state index in [0.717, 1.165) is 11.0 Å². The summed E-state index contributed by atoms with van der Waals surface area (Å²) in [6.07, 6.45) is 0. The number of carboxylic acids is 1. The Kier molecular flexibility index (Phi) is 5.36. The van der Waals surface area contributed by atoms with Crippen LogP contribution in [0.5, 0.6) is 0 Å². The Bertz CT molecular complexity index is 1390. The fraction of sp³-hybridized carbons (Fsp3) is 0. The minimum absolute atomic E-state index is 0.00914. The number of aromatic carboxylic acids is 1. The number of benzene rings is 3. The molecule has 0 saturated carbocycles. The number of hydrogen-bond donors (Lipinski definition) is 2. The molecular weight excluding hydrogens is 454 g/mol. The monoisotopic (exact) mass is 465 g/mol. The zero-order valence-electron chi connectivity index (χ0n) is 16.4. The first-order valence-electron chi connectivity index (χ1n) is 9.29. The first-order chi connectivity index (χ1) is 15.7. The zero-order valence-corrected chi connectivity index (χ0v) is 17.2. The second-order valence-electron chi connectivity index (χ2n) is 6.90. The number of carbonyl (C=O) groups is 4. The number of nitro groups is 1. The first kappa shape index (κ1) is 21.7. The van der Waals surface area contributed by atoms with Gasteiger partial charge in [-0.3, -0.25) is 24.5 Å². The number of anilines is 2. The molecule has 0 unspecified atom stereocenters. The summed E-state index contributed by atoms with van der Waals surface area (Å²) in [5.41, 5.74) is -1.13. The van der Waals surface area contributed by atoms with Crippen molar-refractivity contribution in [1.82, 2.24) is 0 Å². The SMILES string of the molecule is O=C(Nc1cc(Cl)ccc1C(=O)O)c1cccc(N2C(=O)c3cccc([N+](=O)[O-])c3C2=O)c1. The van der Waals surface area contributed by atoms with Gasteiger partial charge in [0.25, 0.3) is 23.4 Å². The molecule has 4 rings (SSSR count). The molecule has 0 fully saturated rings. The fourth-order valence-electron chi connectivity index (χ4n) is 3.44. The number of nitrogens with one attached hydrogen (secondary N) is 1. The second kappa shape index (κ2) is 8.17. The highest BCUT2D eigenvalue weighted by Crippen LogP contribution is 2.34. The Morgan fingerprint density at radius 2 is 1.73 bits per heavy atom. The molecule has 0 radical (unpaired) electrons. The zero-order chi connectivity index (χ0) is 23.9. The quantitative estimate of drug-likeness (QED) is 0.329. The van der Waals surface area contributed by atoms with Crippen molar-refractivity contribution in [3.63, 3.8) is 0 Å². The number of imide groups is 1. The van der Waals surface area contributed by atoms with E-state index in [4.69, 9.17) is 11.6 Å². The van der Waals surface area contributed by atoms with Crippen LogP contribution >= 0.6 is 11.6 Å². The van der Waals surface area contributed by atoms with Gasteiger partial charge in [-0.15, -0.1) is 0 Å². The largest absolute Gasteiger partial charge is 0.478 e. The van der Waals surface area contributed by atoms with E-state index in [2.05, 4.69) is 5.32 Å². The van der Waals surface area contributed by atoms with E-state index in [0.29, 0.717) is 0 Å². The predicted octanol–water partition coefficient (Wildman–Crippen LogP) is 4.00. The molecule has 0 aromatic heterocycles. The van der Waals surface area contributed by atoms with Crippen molar-refractivity contribution < 1.29 is 29.2 Å². The Hall–Kier alpha value is -4.57. The first-order valence-corrected chi connectivity index (χ1v) is 9.67. The van der Waals surface area contributed by atoms with Crippen LogP contribution in [0.2, 0.25) is 5.02 Å². The molecule has 2 N–H and O–H groups in total. The summed E-state index contributed by atoms with van der Waals surface area (Å²) < 4.78 is 0. The van der Waals surface area contributed by atoms with Crippen LogP contribution in [0, 0.1) is 10.1 Å². The number of nitro benzene ring substituents is 1. The number of halogens is 1. The minimum Gasteiger partial charge on any atom is -0.478 e. The smallest absolute Gasteiger partial charge is 0.337 e. The van der Waals surface area contributed by atoms with E-state index in [-0.39, 0.29) is 38.7 Å². The minimum atomic E-state index is -1.27. The normalized spacial score (nSPS) is 12.5. The van der Waals surface area contributed by atoms with Gasteiger partial charge < -0.3 is 10.4 Å². The van der Waals surface area contributed by atoms with Crippen molar-refractivity contribution >= 4 is 52.4 Å². The van der Waals surface area contributed by atoms with Crippen molar-refractivity contribution in [2.75, 3.05) is 10.2 Å². The van der Waals surface area contributed by atoms with Crippen molar-refractivity contribution in [3.05, 3.63) is 98.1 Å². The molecule has 3 amide bonds. The molecule has 0 saturated heterocycles. The van der Waals surface area contributed by atoms with Crippen LogP contribution in [0.3, 0.4) is 0 Å². The maximum absolute atomic E-state index is 12.9. The molecule has 0 spiro atoms. The average Bonchev–Trinajstić information content (AvgIpc) is 3.03. The number of carbonyl (C=O) groups excluding carboxylic acids is 3. The van der Waals surface area contributed by atoms with Crippen LogP contribution in [0.1, 0.15) is 41.4 Å². The molecule has 1 aliphatic heterocycles. The lowest BCUT2D eigenvalue weighted by molar-refractivity contribution is -0.385. The standard InChI is InChI=1S/C22H12ClN3O7/c23-12-7-8-14(22(30)31)16(10-12)24-19(27)11-3-1-4-13(9-11)25-20(28)15-5-2-6-17(26(32)33)18(15)21(25)29/h1-10H,(H,24,27)(H,30,31). The molecule has 3 aromatic carbocycles. The number of carboxylic acid groups (broad SMARTS) is 1. The number of nitrogens with zero attached hydrogens (tertiary/aromatic N) is 2. The Morgan fingerprint density at radius 3 is 2.42 bits per heavy atom. The maximum Gasteiger partial charge on any atom is 0.337 e. The summed E-state index contributed by atoms with van der Waals surface area (Å²) in [4.78, 5) is 61.2. The van der Waals surface area contributed by atoms with Gasteiger partial charge in [0.2, 0.25) is 0 Å². The average molecular weight is 466 g/mol. The molecule has 3 aromatic rings. The van der Waals surface area contributed by atoms with Crippen molar-refractivity contribution in [2.24, 2.45) is 0 Å². The number of fused-ring (bicyclic) bond motifs is 1. The molecule has 0 atom stereocenters. The maximum atomic E-state index is 12.9. The lowest BCUT2D eigenvalue weighted by Crippen LogP contribution is -2.29. The summed E-state index contributed by atoms with van der Waals surface area (Å²) in [6, 6.07) is 13.1. The molecule has 1 heterocycles. The molecular formula is C22H12ClN3O7. The highest BCUT2D eigenvalue weighted by molar-refractivity contribution is 6.36. The van der Waals surface area contributed by atoms with Gasteiger partial charge >= 0.3 is 5.97 Å². The summed E-state index contributed by atoms with van der Waals surface area (Å²) in [5.74, 6) is -3.64. The Morgan fingerprint density at radius 1 is 1.00 bits per heavy atom. The van der Waals surface area contributed by atoms with Crippen molar-refractivity contribution in [3.8, 4) is 0 Å². The van der Waals surface area contributed by atoms with Crippen molar-refractivity contribution in [2.45, 2.75) is 0 Å². The van der Waals surface area contributed by atoms with Gasteiger partial charge in [-0.25, -0.2) is 9.69 Å². The third-order valence-electron chi connectivity index (χ3n) is 4.92. The van der Waals surface area contributed by atoms with Gasteiger partial charge in [-0.2, -0.15) is 0 Å². The third kappa shape index (κ3) is 3.79. The molecule has 11 heteroatoms. The van der Waals surface area contributed by atoms with Crippen LogP contribution in [0.15, 0.2) is 60.7 Å². The lowest BCUT2D eigenvalue weighted by Gasteiger charge is -2.15. The Balaban J connectivity index is 1.68. The van der Waals surface area contributed by atoms with Crippen LogP contribution in [-0.2, 0) is 0 Å². The van der Waals surface area contributed by atoms with E-state index in [1.54, 1.807) is 0 Å². The van der Waals surface area contributed by atoms with Gasteiger partial charge in [-0.1, -0.05) is 23.7 Å². The fourth-order valence-corrected chi connectivity index (χ4v) is 3.61. The highest BCUT2D eigenvalue weighted by atomic mass is 35.5. The van der Waals surface area contributed by atoms with E-state index >= 15 is 0 Å². The molecule has 164 valence electrons. The van der Waals surface area contributed by atoms with Gasteiger partial charge in [0, 0.05) is 16.7 Å². The molecule has 0 aliphatic carbocycles. The van der Waals surface area contributed by atoms with Crippen LogP contribution in [0.4, 0.5) is 17.1 Å². The van der Waals surface area contributed by atoms with E-state index < -0.39 is 34.3 Å². The molecule has 33 heavy (non-hydrogen) atoms. The highest BCUT2D eigenvalue weighted by Gasteiger charge is 2.41. The van der Waals surface area contributed by atoms with E-state index in [9.17, 15) is 34.4 Å². The van der Waals surface area contributed by atoms with Gasteiger partial charge in [0.1, 0.15) is 5.56 Å². The van der Waals surface area contributed by atoms with Crippen LogP contribution in [0.25, 0.3) is 0 Å². The number of amides is 3. The predicted molar refractivity (Wildman–Crippen MR) is 117 cm³/mol. The molecule has 0 bridgehead atoms. The molecule has 1 aliphatic rings. The van der Waals surface area contributed by atoms with E-state index in [1.807, 2.05) is 0 Å². The second-order valence-corrected chi connectivity index (χ2v) is 7.34. The summed E-state index contributed by atoms with van der Waals surface area (Å²) >= 11 is 5.90. The van der Waals surface area contributed by atoms with Gasteiger partial charge in [0.05, 0.1) is 27.4 Å². The summed E-state index contributed by atoms with van der Waals surface area (Å²) in [6.45, 7) is 0.